The molecule has 1 aromatic heterocycles. The van der Waals surface area contributed by atoms with Crippen molar-refractivity contribution < 1.29 is 0 Å². The first kappa shape index (κ1) is 12.5. The van der Waals surface area contributed by atoms with Crippen LogP contribution < -0.4 is 5.73 Å². The predicted molar refractivity (Wildman–Crippen MR) is 76.2 cm³/mol. The van der Waals surface area contributed by atoms with Crippen molar-refractivity contribution in [1.82, 2.24) is 9.78 Å². The molecule has 17 heavy (non-hydrogen) atoms. The Morgan fingerprint density at radius 2 is 2.24 bits per heavy atom. The summed E-state index contributed by atoms with van der Waals surface area (Å²) in [5.74, 6) is 1.01. The van der Waals surface area contributed by atoms with E-state index in [0.29, 0.717) is 0 Å². The molecular formula is C12H14BrN3S. The number of rotatable bonds is 4. The molecule has 0 fully saturated rings. The first-order valence-electron chi connectivity index (χ1n) is 5.31. The molecule has 90 valence electrons. The molecule has 2 rings (SSSR count). The van der Waals surface area contributed by atoms with Crippen molar-refractivity contribution in [2.45, 2.75) is 11.3 Å². The second-order valence-electron chi connectivity index (χ2n) is 3.73. The van der Waals surface area contributed by atoms with E-state index in [1.807, 2.05) is 42.2 Å². The molecule has 0 radical (unpaired) electrons. The van der Waals surface area contributed by atoms with Gasteiger partial charge in [-0.05, 0) is 30.7 Å². The number of nitrogens with zero attached hydrogens (tertiary/aromatic N) is 2. The third-order valence-electron chi connectivity index (χ3n) is 2.51. The van der Waals surface area contributed by atoms with Crippen LogP contribution in [0.5, 0.6) is 0 Å². The number of hydrogen-bond acceptors (Lipinski definition) is 3. The predicted octanol–water partition coefficient (Wildman–Crippen LogP) is 3.10. The number of nitrogen functional groups attached to an aromatic ring is 1. The van der Waals surface area contributed by atoms with Crippen molar-refractivity contribution in [3.05, 3.63) is 40.6 Å². The summed E-state index contributed by atoms with van der Waals surface area (Å²) >= 11 is 5.18. The highest BCUT2D eigenvalue weighted by Gasteiger charge is 2.02. The summed E-state index contributed by atoms with van der Waals surface area (Å²) in [5, 5.41) is 4.15. The summed E-state index contributed by atoms with van der Waals surface area (Å²) in [4.78, 5) is 1.13. The van der Waals surface area contributed by atoms with E-state index in [1.54, 1.807) is 11.8 Å². The van der Waals surface area contributed by atoms with Crippen molar-refractivity contribution >= 4 is 33.4 Å². The molecule has 0 aliphatic rings. The Labute approximate surface area is 114 Å². The van der Waals surface area contributed by atoms with Crippen molar-refractivity contribution in [2.24, 2.45) is 7.05 Å². The number of anilines is 1. The van der Waals surface area contributed by atoms with Gasteiger partial charge < -0.3 is 5.73 Å². The molecule has 0 saturated carbocycles. The van der Waals surface area contributed by atoms with Gasteiger partial charge in [-0.2, -0.15) is 5.10 Å². The van der Waals surface area contributed by atoms with Gasteiger partial charge in [0.2, 0.25) is 0 Å². The number of thioether (sulfide) groups is 1. The van der Waals surface area contributed by atoms with Crippen molar-refractivity contribution in [1.29, 1.82) is 0 Å². The highest BCUT2D eigenvalue weighted by atomic mass is 79.9. The van der Waals surface area contributed by atoms with Gasteiger partial charge in [-0.1, -0.05) is 15.9 Å². The number of aryl methyl sites for hydroxylation is 2. The first-order valence-corrected chi connectivity index (χ1v) is 7.09. The van der Waals surface area contributed by atoms with Gasteiger partial charge in [0, 0.05) is 39.7 Å². The molecule has 0 saturated heterocycles. The Hall–Kier alpha value is -0.940. The number of halogens is 1. The second-order valence-corrected chi connectivity index (χ2v) is 5.78. The fraction of sp³-hybridized carbons (Fsp3) is 0.250. The highest BCUT2D eigenvalue weighted by Crippen LogP contribution is 2.28. The summed E-state index contributed by atoms with van der Waals surface area (Å²) in [5.41, 5.74) is 8.01. The quantitative estimate of drug-likeness (QED) is 0.697. The lowest BCUT2D eigenvalue weighted by Crippen LogP contribution is -1.99. The Morgan fingerprint density at radius 3 is 2.88 bits per heavy atom. The zero-order valence-electron chi connectivity index (χ0n) is 9.56. The third-order valence-corrected chi connectivity index (χ3v) is 4.09. The molecule has 1 aromatic carbocycles. The molecular weight excluding hydrogens is 298 g/mol. The van der Waals surface area contributed by atoms with Gasteiger partial charge in [-0.3, -0.25) is 4.68 Å². The van der Waals surface area contributed by atoms with Gasteiger partial charge in [0.05, 0.1) is 0 Å². The van der Waals surface area contributed by atoms with Crippen molar-refractivity contribution in [2.75, 3.05) is 11.5 Å². The molecule has 0 unspecified atom stereocenters. The van der Waals surface area contributed by atoms with Crippen LogP contribution in [0.25, 0.3) is 0 Å². The molecule has 5 heteroatoms. The minimum Gasteiger partial charge on any atom is -0.398 e. The number of benzene rings is 1. The molecule has 3 nitrogen and oxygen atoms in total. The summed E-state index contributed by atoms with van der Waals surface area (Å²) < 4.78 is 2.93. The summed E-state index contributed by atoms with van der Waals surface area (Å²) in [6, 6.07) is 8.05. The normalized spacial score (nSPS) is 10.7. The molecule has 0 aliphatic carbocycles. The van der Waals surface area contributed by atoms with E-state index >= 15 is 0 Å². The zero-order chi connectivity index (χ0) is 12.3. The van der Waals surface area contributed by atoms with E-state index in [-0.39, 0.29) is 0 Å². The summed E-state index contributed by atoms with van der Waals surface area (Å²) in [7, 11) is 1.97. The Morgan fingerprint density at radius 1 is 1.41 bits per heavy atom. The zero-order valence-corrected chi connectivity index (χ0v) is 12.0. The van der Waals surface area contributed by atoms with Crippen LogP contribution in [-0.2, 0) is 13.5 Å². The number of hydrogen-bond donors (Lipinski definition) is 1. The van der Waals surface area contributed by atoms with Crippen LogP contribution in [0.2, 0.25) is 0 Å². The highest BCUT2D eigenvalue weighted by molar-refractivity contribution is 9.10. The Balaban J connectivity index is 1.92. The van der Waals surface area contributed by atoms with E-state index in [9.17, 15) is 0 Å². The standard InChI is InChI=1S/C12H14BrN3S/c1-16-10(4-6-15-16)5-7-17-12-3-2-9(13)8-11(12)14/h2-4,6,8H,5,7,14H2,1H3. The van der Waals surface area contributed by atoms with E-state index in [0.717, 1.165) is 27.2 Å². The van der Waals surface area contributed by atoms with Crippen LogP contribution in [0.3, 0.4) is 0 Å². The molecule has 1 heterocycles. The van der Waals surface area contributed by atoms with Crippen LogP contribution in [0.15, 0.2) is 39.8 Å². The average Bonchev–Trinajstić information content (AvgIpc) is 2.68. The SMILES string of the molecule is Cn1nccc1CCSc1ccc(Br)cc1N. The van der Waals surface area contributed by atoms with Gasteiger partial charge in [0.15, 0.2) is 0 Å². The van der Waals surface area contributed by atoms with Crippen LogP contribution >= 0.6 is 27.7 Å². The average molecular weight is 312 g/mol. The molecule has 0 atom stereocenters. The molecule has 2 N–H and O–H groups in total. The minimum absolute atomic E-state index is 0.828. The topological polar surface area (TPSA) is 43.8 Å². The second kappa shape index (κ2) is 5.60. The van der Waals surface area contributed by atoms with E-state index in [1.165, 1.54) is 5.69 Å². The van der Waals surface area contributed by atoms with E-state index < -0.39 is 0 Å². The largest absolute Gasteiger partial charge is 0.398 e. The molecule has 2 aromatic rings. The third kappa shape index (κ3) is 3.26. The van der Waals surface area contributed by atoms with Crippen LogP contribution in [-0.4, -0.2) is 15.5 Å². The lowest BCUT2D eigenvalue weighted by Gasteiger charge is -2.06. The monoisotopic (exact) mass is 311 g/mol. The van der Waals surface area contributed by atoms with E-state index in [2.05, 4.69) is 21.0 Å². The fourth-order valence-corrected chi connectivity index (χ4v) is 2.86. The lowest BCUT2D eigenvalue weighted by molar-refractivity contribution is 0.720. The summed E-state index contributed by atoms with van der Waals surface area (Å²) in [6.45, 7) is 0. The van der Waals surface area contributed by atoms with Gasteiger partial charge in [-0.25, -0.2) is 0 Å². The van der Waals surface area contributed by atoms with Gasteiger partial charge >= 0.3 is 0 Å². The maximum Gasteiger partial charge on any atom is 0.0492 e. The maximum atomic E-state index is 5.94. The Kier molecular flexibility index (Phi) is 4.12. The molecule has 0 amide bonds. The van der Waals surface area contributed by atoms with Gasteiger partial charge in [-0.15, -0.1) is 11.8 Å². The van der Waals surface area contributed by atoms with Crippen molar-refractivity contribution in [3.8, 4) is 0 Å². The van der Waals surface area contributed by atoms with Crippen LogP contribution in [0, 0.1) is 0 Å². The lowest BCUT2D eigenvalue weighted by atomic mass is 10.3. The smallest absolute Gasteiger partial charge is 0.0492 e. The van der Waals surface area contributed by atoms with E-state index in [4.69, 9.17) is 5.73 Å². The number of nitrogens with two attached hydrogens (primary N) is 1. The number of aromatic nitrogens is 2. The summed E-state index contributed by atoms with van der Waals surface area (Å²) in [6.07, 6.45) is 2.82. The van der Waals surface area contributed by atoms with Gasteiger partial charge in [0.1, 0.15) is 0 Å². The Bertz CT molecular complexity index is 510. The maximum absolute atomic E-state index is 5.94. The van der Waals surface area contributed by atoms with Crippen LogP contribution in [0.4, 0.5) is 5.69 Å². The molecule has 0 spiro atoms. The fourth-order valence-electron chi connectivity index (χ4n) is 1.56. The van der Waals surface area contributed by atoms with Gasteiger partial charge in [0.25, 0.3) is 0 Å². The molecule has 0 aliphatic heterocycles. The van der Waals surface area contributed by atoms with Crippen LogP contribution in [0.1, 0.15) is 5.69 Å². The van der Waals surface area contributed by atoms with Crippen molar-refractivity contribution in [3.63, 3.8) is 0 Å². The first-order chi connectivity index (χ1) is 8.16. The molecule has 0 bridgehead atoms. The minimum atomic E-state index is 0.828.